The second kappa shape index (κ2) is 9.61. The van der Waals surface area contributed by atoms with Gasteiger partial charge in [0.25, 0.3) is 5.91 Å². The highest BCUT2D eigenvalue weighted by atomic mass is 35.5. The number of carbonyl (C=O) groups excluding carboxylic acids is 1. The fourth-order valence-corrected chi connectivity index (χ4v) is 1.91. The zero-order valence-corrected chi connectivity index (χ0v) is 12.6. The maximum Gasteiger partial charge on any atom is 0.257 e. The van der Waals surface area contributed by atoms with Crippen LogP contribution in [-0.4, -0.2) is 30.8 Å². The summed E-state index contributed by atoms with van der Waals surface area (Å²) in [6.07, 6.45) is 3.73. The van der Waals surface area contributed by atoms with Crippen LogP contribution in [0.4, 0.5) is 0 Å². The van der Waals surface area contributed by atoms with Gasteiger partial charge in [0.2, 0.25) is 0 Å². The van der Waals surface area contributed by atoms with Crippen LogP contribution in [0, 0.1) is 6.92 Å². The highest BCUT2D eigenvalue weighted by molar-refractivity contribution is 6.32. The van der Waals surface area contributed by atoms with Crippen LogP contribution in [0.3, 0.4) is 0 Å². The number of halogens is 1. The predicted octanol–water partition coefficient (Wildman–Crippen LogP) is 2.70. The number of hydrogen-bond acceptors (Lipinski definition) is 3. The Hall–Kier alpha value is -1.26. The van der Waals surface area contributed by atoms with Crippen molar-refractivity contribution >= 4 is 17.5 Å². The number of carbonyl (C=O) groups is 1. The Morgan fingerprint density at radius 1 is 1.30 bits per heavy atom. The molecule has 0 aliphatic carbocycles. The molecule has 0 saturated carbocycles. The molecule has 0 spiro atoms. The van der Waals surface area contributed by atoms with Gasteiger partial charge in [-0.05, 0) is 37.5 Å². The number of benzene rings is 1. The molecule has 0 aliphatic rings. The van der Waals surface area contributed by atoms with Crippen LogP contribution in [0.5, 0.6) is 5.75 Å². The first kappa shape index (κ1) is 16.8. The summed E-state index contributed by atoms with van der Waals surface area (Å²) >= 11 is 5.98. The maximum absolute atomic E-state index is 11.6. The summed E-state index contributed by atoms with van der Waals surface area (Å²) in [4.78, 5) is 11.6. The minimum absolute atomic E-state index is 0.0280. The summed E-state index contributed by atoms with van der Waals surface area (Å²) < 4.78 is 5.40. The Morgan fingerprint density at radius 2 is 2.05 bits per heavy atom. The first-order chi connectivity index (χ1) is 9.63. The summed E-state index contributed by atoms with van der Waals surface area (Å²) in [5.74, 6) is 0.384. The minimum Gasteiger partial charge on any atom is -0.482 e. The standard InChI is InChI=1S/C15H22ClNO3/c1-12-6-7-13(16)14(10-12)20-11-15(19)17-8-4-2-3-5-9-18/h6-7,10,18H,2-5,8-9,11H2,1H3,(H,17,19). The van der Waals surface area contributed by atoms with Gasteiger partial charge in [0, 0.05) is 13.2 Å². The molecule has 0 atom stereocenters. The molecule has 0 heterocycles. The van der Waals surface area contributed by atoms with Gasteiger partial charge in [-0.15, -0.1) is 0 Å². The molecule has 20 heavy (non-hydrogen) atoms. The average Bonchev–Trinajstić information content (AvgIpc) is 2.43. The Morgan fingerprint density at radius 3 is 2.80 bits per heavy atom. The van der Waals surface area contributed by atoms with Crippen molar-refractivity contribution in [3.63, 3.8) is 0 Å². The first-order valence-electron chi connectivity index (χ1n) is 6.90. The number of aliphatic hydroxyl groups is 1. The van der Waals surface area contributed by atoms with E-state index in [1.807, 2.05) is 19.1 Å². The molecule has 0 aromatic heterocycles. The molecule has 4 nitrogen and oxygen atoms in total. The molecule has 0 unspecified atom stereocenters. The smallest absolute Gasteiger partial charge is 0.257 e. The molecule has 0 fully saturated rings. The van der Waals surface area contributed by atoms with Gasteiger partial charge in [-0.3, -0.25) is 4.79 Å². The largest absolute Gasteiger partial charge is 0.482 e. The van der Waals surface area contributed by atoms with E-state index in [-0.39, 0.29) is 19.1 Å². The molecule has 112 valence electrons. The summed E-state index contributed by atoms with van der Waals surface area (Å²) in [5.41, 5.74) is 1.04. The van der Waals surface area contributed by atoms with Crippen molar-refractivity contribution in [2.24, 2.45) is 0 Å². The second-order valence-corrected chi connectivity index (χ2v) is 5.12. The van der Waals surface area contributed by atoms with Crippen molar-refractivity contribution in [1.82, 2.24) is 5.32 Å². The Balaban J connectivity index is 2.18. The number of unbranched alkanes of at least 4 members (excludes halogenated alkanes) is 3. The first-order valence-corrected chi connectivity index (χ1v) is 7.28. The average molecular weight is 300 g/mol. The van der Waals surface area contributed by atoms with Gasteiger partial charge in [0.15, 0.2) is 6.61 Å². The van der Waals surface area contributed by atoms with Gasteiger partial charge < -0.3 is 15.2 Å². The van der Waals surface area contributed by atoms with E-state index in [1.165, 1.54) is 0 Å². The van der Waals surface area contributed by atoms with Crippen LogP contribution < -0.4 is 10.1 Å². The lowest BCUT2D eigenvalue weighted by atomic mass is 10.2. The fourth-order valence-electron chi connectivity index (χ4n) is 1.73. The molecule has 2 N–H and O–H groups in total. The van der Waals surface area contributed by atoms with Crippen molar-refractivity contribution in [1.29, 1.82) is 0 Å². The van der Waals surface area contributed by atoms with E-state index in [0.717, 1.165) is 31.2 Å². The van der Waals surface area contributed by atoms with Crippen molar-refractivity contribution in [2.75, 3.05) is 19.8 Å². The zero-order valence-electron chi connectivity index (χ0n) is 11.8. The van der Waals surface area contributed by atoms with Gasteiger partial charge in [-0.25, -0.2) is 0 Å². The van der Waals surface area contributed by atoms with Crippen molar-refractivity contribution < 1.29 is 14.6 Å². The van der Waals surface area contributed by atoms with Crippen LogP contribution in [-0.2, 0) is 4.79 Å². The van der Waals surface area contributed by atoms with Gasteiger partial charge in [0.1, 0.15) is 5.75 Å². The molecular weight excluding hydrogens is 278 g/mol. The Kier molecular flexibility index (Phi) is 8.07. The van der Waals surface area contributed by atoms with Gasteiger partial charge in [-0.1, -0.05) is 30.5 Å². The molecule has 1 aromatic rings. The third-order valence-electron chi connectivity index (χ3n) is 2.85. The fraction of sp³-hybridized carbons (Fsp3) is 0.533. The van der Waals surface area contributed by atoms with E-state index in [2.05, 4.69) is 5.32 Å². The van der Waals surface area contributed by atoms with Crippen molar-refractivity contribution in [3.05, 3.63) is 28.8 Å². The summed E-state index contributed by atoms with van der Waals surface area (Å²) in [7, 11) is 0. The number of ether oxygens (including phenoxy) is 1. The maximum atomic E-state index is 11.6. The summed E-state index contributed by atoms with van der Waals surface area (Å²) in [5, 5.41) is 11.9. The molecule has 1 aromatic carbocycles. The molecule has 5 heteroatoms. The van der Waals surface area contributed by atoms with E-state index in [0.29, 0.717) is 17.3 Å². The van der Waals surface area contributed by atoms with E-state index in [4.69, 9.17) is 21.4 Å². The zero-order chi connectivity index (χ0) is 14.8. The monoisotopic (exact) mass is 299 g/mol. The van der Waals surface area contributed by atoms with Crippen molar-refractivity contribution in [2.45, 2.75) is 32.6 Å². The molecule has 0 aliphatic heterocycles. The molecule has 0 saturated heterocycles. The summed E-state index contributed by atoms with van der Waals surface area (Å²) in [6, 6.07) is 5.46. The number of rotatable bonds is 9. The van der Waals surface area contributed by atoms with Crippen LogP contribution in [0.1, 0.15) is 31.2 Å². The quantitative estimate of drug-likeness (QED) is 0.689. The number of nitrogens with one attached hydrogen (secondary N) is 1. The minimum atomic E-state index is -0.148. The van der Waals surface area contributed by atoms with Crippen LogP contribution >= 0.6 is 11.6 Å². The van der Waals surface area contributed by atoms with Gasteiger partial charge in [0.05, 0.1) is 5.02 Å². The summed E-state index contributed by atoms with van der Waals surface area (Å²) in [6.45, 7) is 2.78. The SMILES string of the molecule is Cc1ccc(Cl)c(OCC(=O)NCCCCCCO)c1. The molecule has 0 bridgehead atoms. The van der Waals surface area contributed by atoms with E-state index in [9.17, 15) is 4.79 Å². The van der Waals surface area contributed by atoms with Gasteiger partial charge >= 0.3 is 0 Å². The lowest BCUT2D eigenvalue weighted by molar-refractivity contribution is -0.123. The second-order valence-electron chi connectivity index (χ2n) is 4.71. The number of hydrogen-bond donors (Lipinski definition) is 2. The number of aryl methyl sites for hydroxylation is 1. The van der Waals surface area contributed by atoms with Crippen LogP contribution in [0.2, 0.25) is 5.02 Å². The normalized spacial score (nSPS) is 10.3. The third kappa shape index (κ3) is 6.78. The highest BCUT2D eigenvalue weighted by Gasteiger charge is 2.05. The Bertz CT molecular complexity index is 424. The van der Waals surface area contributed by atoms with Crippen LogP contribution in [0.25, 0.3) is 0 Å². The van der Waals surface area contributed by atoms with E-state index >= 15 is 0 Å². The van der Waals surface area contributed by atoms with Gasteiger partial charge in [-0.2, -0.15) is 0 Å². The van der Waals surface area contributed by atoms with E-state index in [1.54, 1.807) is 6.07 Å². The van der Waals surface area contributed by atoms with Crippen molar-refractivity contribution in [3.8, 4) is 5.75 Å². The number of aliphatic hydroxyl groups excluding tert-OH is 1. The topological polar surface area (TPSA) is 58.6 Å². The van der Waals surface area contributed by atoms with E-state index < -0.39 is 0 Å². The molecular formula is C15H22ClNO3. The molecule has 1 rings (SSSR count). The molecule has 1 amide bonds. The van der Waals surface area contributed by atoms with Crippen LogP contribution in [0.15, 0.2) is 18.2 Å². The Labute approximate surface area is 125 Å². The highest BCUT2D eigenvalue weighted by Crippen LogP contribution is 2.24. The third-order valence-corrected chi connectivity index (χ3v) is 3.16. The lowest BCUT2D eigenvalue weighted by Crippen LogP contribution is -2.29. The lowest BCUT2D eigenvalue weighted by Gasteiger charge is -2.09. The molecule has 0 radical (unpaired) electrons. The number of amides is 1. The predicted molar refractivity (Wildman–Crippen MR) is 80.2 cm³/mol.